The summed E-state index contributed by atoms with van der Waals surface area (Å²) in [6, 6.07) is 9.67. The predicted octanol–water partition coefficient (Wildman–Crippen LogP) is 4.47. The number of benzene rings is 2. The number of alkyl halides is 2. The first kappa shape index (κ1) is 22.6. The highest BCUT2D eigenvalue weighted by Crippen LogP contribution is 2.35. The maximum absolute atomic E-state index is 12.4. The third-order valence-electron chi connectivity index (χ3n) is 3.73. The summed E-state index contributed by atoms with van der Waals surface area (Å²) in [6.45, 7) is 0. The zero-order valence-corrected chi connectivity index (χ0v) is 16.5. The molecule has 0 fully saturated rings. The number of halogens is 2. The average molecular weight is 435 g/mol. The summed E-state index contributed by atoms with van der Waals surface area (Å²) in [5, 5.41) is 23.2. The number of hydrogen-bond acceptors (Lipinski definition) is 7. The van der Waals surface area contributed by atoms with Gasteiger partial charge in [-0.25, -0.2) is 0 Å². The van der Waals surface area contributed by atoms with E-state index in [4.69, 9.17) is 9.47 Å². The number of carbonyl (C=O) groups excluding carboxylic acids is 1. The number of rotatable bonds is 8. The van der Waals surface area contributed by atoms with Gasteiger partial charge in [0.2, 0.25) is 0 Å². The topological polar surface area (TPSA) is 114 Å². The number of ether oxygens (including phenoxy) is 2. The van der Waals surface area contributed by atoms with Crippen LogP contribution in [0.15, 0.2) is 46.9 Å². The van der Waals surface area contributed by atoms with Crippen molar-refractivity contribution in [3.05, 3.63) is 57.6 Å². The first-order valence-corrected chi connectivity index (χ1v) is 9.05. The van der Waals surface area contributed by atoms with Crippen LogP contribution in [0.1, 0.15) is 5.56 Å². The molecule has 0 aliphatic carbocycles. The Labute approximate surface area is 174 Å². The van der Waals surface area contributed by atoms with Gasteiger partial charge >= 0.3 is 0 Å². The number of methoxy groups -OCH3 is 2. The molecule has 0 aliphatic heterocycles. The maximum Gasteiger partial charge on any atom is 0.288 e. The van der Waals surface area contributed by atoms with Gasteiger partial charge in [-0.1, -0.05) is 11.8 Å². The summed E-state index contributed by atoms with van der Waals surface area (Å²) in [5.41, 5.74) is -0.562. The fourth-order valence-electron chi connectivity index (χ4n) is 2.38. The molecule has 0 bridgehead atoms. The molecule has 8 nitrogen and oxygen atoms in total. The second-order valence-electron chi connectivity index (χ2n) is 5.55. The van der Waals surface area contributed by atoms with Crippen LogP contribution in [0.25, 0.3) is 6.08 Å². The third kappa shape index (κ3) is 5.68. The molecule has 0 saturated heterocycles. The van der Waals surface area contributed by atoms with E-state index in [1.54, 1.807) is 6.07 Å². The third-order valence-corrected chi connectivity index (χ3v) is 4.45. The monoisotopic (exact) mass is 435 g/mol. The quantitative estimate of drug-likeness (QED) is 0.214. The molecule has 156 valence electrons. The average Bonchev–Trinajstić information content (AvgIpc) is 2.72. The Hall–Kier alpha value is -3.65. The number of nitrogens with zero attached hydrogens (tertiary/aromatic N) is 2. The number of nitrogens with one attached hydrogen (secondary N) is 1. The van der Waals surface area contributed by atoms with E-state index in [1.165, 1.54) is 44.6 Å². The molecule has 30 heavy (non-hydrogen) atoms. The summed E-state index contributed by atoms with van der Waals surface area (Å²) in [6.07, 6.45) is 1.05. The molecule has 0 spiro atoms. The molecule has 1 amide bonds. The van der Waals surface area contributed by atoms with E-state index in [2.05, 4.69) is 5.32 Å². The van der Waals surface area contributed by atoms with Crippen LogP contribution in [-0.4, -0.2) is 30.8 Å². The summed E-state index contributed by atoms with van der Waals surface area (Å²) in [5.74, 6) is -3.10. The number of nitro benzene ring substituents is 1. The van der Waals surface area contributed by atoms with Gasteiger partial charge in [0.15, 0.2) is 11.5 Å². The molecule has 0 heterocycles. The zero-order chi connectivity index (χ0) is 22.3. The lowest BCUT2D eigenvalue weighted by molar-refractivity contribution is -0.385. The lowest BCUT2D eigenvalue weighted by Gasteiger charge is -2.09. The first-order chi connectivity index (χ1) is 14.3. The van der Waals surface area contributed by atoms with Crippen LogP contribution < -0.4 is 14.8 Å². The number of anilines is 1. The molecule has 2 rings (SSSR count). The molecule has 11 heteroatoms. The second kappa shape index (κ2) is 10.2. The van der Waals surface area contributed by atoms with Crippen molar-refractivity contribution in [3.8, 4) is 17.6 Å². The minimum Gasteiger partial charge on any atom is -0.493 e. The molecule has 0 aromatic heterocycles. The van der Waals surface area contributed by atoms with Crippen LogP contribution >= 0.6 is 11.8 Å². The van der Waals surface area contributed by atoms with Crippen molar-refractivity contribution in [1.82, 2.24) is 0 Å². The highest BCUT2D eigenvalue weighted by atomic mass is 32.2. The number of carbonyl (C=O) groups is 1. The molecular formula is C19H15F2N3O5S. The lowest BCUT2D eigenvalue weighted by atomic mass is 10.1. The van der Waals surface area contributed by atoms with Crippen molar-refractivity contribution in [2.75, 3.05) is 19.5 Å². The fourth-order valence-corrected chi connectivity index (χ4v) is 2.88. The van der Waals surface area contributed by atoms with Crippen molar-refractivity contribution in [2.24, 2.45) is 0 Å². The highest BCUT2D eigenvalue weighted by Gasteiger charge is 2.20. The molecule has 2 aromatic carbocycles. The van der Waals surface area contributed by atoms with Gasteiger partial charge in [-0.2, -0.15) is 14.0 Å². The van der Waals surface area contributed by atoms with E-state index in [1.807, 2.05) is 0 Å². The Morgan fingerprint density at radius 2 is 1.83 bits per heavy atom. The van der Waals surface area contributed by atoms with Gasteiger partial charge in [-0.15, -0.1) is 0 Å². The minimum atomic E-state index is -2.57. The molecule has 0 aliphatic rings. The number of thioether (sulfide) groups is 1. The molecule has 0 atom stereocenters. The van der Waals surface area contributed by atoms with E-state index in [0.29, 0.717) is 16.7 Å². The Bertz CT molecular complexity index is 1020. The maximum atomic E-state index is 12.4. The molecule has 1 N–H and O–H groups in total. The summed E-state index contributed by atoms with van der Waals surface area (Å²) >= 11 is 0.354. The van der Waals surface area contributed by atoms with Crippen molar-refractivity contribution >= 4 is 35.1 Å². The summed E-state index contributed by atoms with van der Waals surface area (Å²) < 4.78 is 34.9. The SMILES string of the molecule is COc1cc(/C=C(\C#N)C(=O)Nc2ccc(SC(F)F)cc2)c([N+](=O)[O-])cc1OC. The predicted molar refractivity (Wildman–Crippen MR) is 107 cm³/mol. The smallest absolute Gasteiger partial charge is 0.288 e. The number of hydrogen-bond donors (Lipinski definition) is 1. The van der Waals surface area contributed by atoms with Gasteiger partial charge in [0, 0.05) is 10.6 Å². The van der Waals surface area contributed by atoms with Crippen molar-refractivity contribution < 1.29 is 28.0 Å². The lowest BCUT2D eigenvalue weighted by Crippen LogP contribution is -2.13. The van der Waals surface area contributed by atoms with E-state index in [-0.39, 0.29) is 28.4 Å². The van der Waals surface area contributed by atoms with Gasteiger partial charge in [0.05, 0.1) is 30.8 Å². The van der Waals surface area contributed by atoms with Crippen molar-refractivity contribution in [3.63, 3.8) is 0 Å². The van der Waals surface area contributed by atoms with E-state index < -0.39 is 22.2 Å². The number of nitro groups is 1. The zero-order valence-electron chi connectivity index (χ0n) is 15.7. The standard InChI is InChI=1S/C19H15F2N3O5S/c1-28-16-8-11(15(24(26)27)9-17(16)29-2)7-12(10-22)18(25)23-13-3-5-14(6-4-13)30-19(20)21/h3-9,19H,1-2H3,(H,23,25)/b12-7+. The first-order valence-electron chi connectivity index (χ1n) is 8.17. The van der Waals surface area contributed by atoms with Crippen LogP contribution in [0, 0.1) is 21.4 Å². The number of nitriles is 1. The van der Waals surface area contributed by atoms with Crippen molar-refractivity contribution in [2.45, 2.75) is 10.7 Å². The molecule has 0 radical (unpaired) electrons. The van der Waals surface area contributed by atoms with Gasteiger partial charge in [0.25, 0.3) is 17.4 Å². The van der Waals surface area contributed by atoms with Gasteiger partial charge in [-0.05, 0) is 36.4 Å². The van der Waals surface area contributed by atoms with Crippen LogP contribution in [0.5, 0.6) is 11.5 Å². The van der Waals surface area contributed by atoms with Crippen LogP contribution in [0.4, 0.5) is 20.2 Å². The Morgan fingerprint density at radius 1 is 1.23 bits per heavy atom. The van der Waals surface area contributed by atoms with E-state index >= 15 is 0 Å². The molecule has 0 unspecified atom stereocenters. The fraction of sp³-hybridized carbons (Fsp3) is 0.158. The highest BCUT2D eigenvalue weighted by molar-refractivity contribution is 7.99. The van der Waals surface area contributed by atoms with E-state index in [0.717, 1.165) is 12.1 Å². The largest absolute Gasteiger partial charge is 0.493 e. The van der Waals surface area contributed by atoms with Crippen LogP contribution in [-0.2, 0) is 4.79 Å². The summed E-state index contributed by atoms with van der Waals surface area (Å²) in [7, 11) is 2.65. The molecule has 2 aromatic rings. The normalized spacial score (nSPS) is 11.0. The molecular weight excluding hydrogens is 420 g/mol. The van der Waals surface area contributed by atoms with Crippen molar-refractivity contribution in [1.29, 1.82) is 5.26 Å². The summed E-state index contributed by atoms with van der Waals surface area (Å²) in [4.78, 5) is 23.4. The second-order valence-corrected chi connectivity index (χ2v) is 6.61. The Kier molecular flexibility index (Phi) is 7.71. The van der Waals surface area contributed by atoms with Gasteiger partial charge in [-0.3, -0.25) is 14.9 Å². The molecule has 0 saturated carbocycles. The van der Waals surface area contributed by atoms with Gasteiger partial charge < -0.3 is 14.8 Å². The van der Waals surface area contributed by atoms with Gasteiger partial charge in [0.1, 0.15) is 11.6 Å². The Balaban J connectivity index is 2.33. The Morgan fingerprint density at radius 3 is 2.33 bits per heavy atom. The van der Waals surface area contributed by atoms with Crippen LogP contribution in [0.3, 0.4) is 0 Å². The number of amides is 1. The van der Waals surface area contributed by atoms with E-state index in [9.17, 15) is 29.0 Å². The minimum absolute atomic E-state index is 0.0342. The van der Waals surface area contributed by atoms with Crippen LogP contribution in [0.2, 0.25) is 0 Å².